The van der Waals surface area contributed by atoms with Crippen LogP contribution < -0.4 is 5.32 Å². The molecule has 0 radical (unpaired) electrons. The predicted octanol–water partition coefficient (Wildman–Crippen LogP) is 4.11. The number of rotatable bonds is 4. The molecule has 18 heavy (non-hydrogen) atoms. The fourth-order valence-electron chi connectivity index (χ4n) is 2.04. The number of benzene rings is 1. The van der Waals surface area contributed by atoms with Crippen LogP contribution in [0, 0.1) is 13.8 Å². The summed E-state index contributed by atoms with van der Waals surface area (Å²) in [6, 6.07) is 8.22. The summed E-state index contributed by atoms with van der Waals surface area (Å²) in [5.74, 6) is 0. The molecule has 0 saturated carbocycles. The zero-order valence-corrected chi connectivity index (χ0v) is 12.4. The van der Waals surface area contributed by atoms with Crippen molar-refractivity contribution in [1.82, 2.24) is 10.3 Å². The van der Waals surface area contributed by atoms with Crippen LogP contribution >= 0.6 is 22.9 Å². The maximum Gasteiger partial charge on any atom is 0.0900 e. The maximum atomic E-state index is 5.94. The minimum atomic E-state index is 0.207. The summed E-state index contributed by atoms with van der Waals surface area (Å²) in [6.45, 7) is 7.15. The highest BCUT2D eigenvalue weighted by molar-refractivity contribution is 7.11. The number of halogens is 1. The summed E-state index contributed by atoms with van der Waals surface area (Å²) in [4.78, 5) is 5.80. The highest BCUT2D eigenvalue weighted by Crippen LogP contribution is 2.30. The number of nitrogens with zero attached hydrogens (tertiary/aromatic N) is 1. The van der Waals surface area contributed by atoms with Crippen LogP contribution in [0.25, 0.3) is 0 Å². The average Bonchev–Trinajstić information content (AvgIpc) is 2.67. The Balaban J connectivity index is 2.39. The molecule has 96 valence electrons. The Labute approximate surface area is 117 Å². The highest BCUT2D eigenvalue weighted by Gasteiger charge is 2.18. The van der Waals surface area contributed by atoms with Gasteiger partial charge in [0.1, 0.15) is 0 Å². The van der Waals surface area contributed by atoms with Gasteiger partial charge >= 0.3 is 0 Å². The van der Waals surface area contributed by atoms with Gasteiger partial charge in [-0.15, -0.1) is 11.3 Å². The van der Waals surface area contributed by atoms with E-state index in [-0.39, 0.29) is 6.04 Å². The molecule has 0 fully saturated rings. The van der Waals surface area contributed by atoms with E-state index in [0.29, 0.717) is 0 Å². The number of aryl methyl sites for hydroxylation is 2. The first-order valence-electron chi connectivity index (χ1n) is 6.04. The Hall–Kier alpha value is -0.900. The lowest BCUT2D eigenvalue weighted by molar-refractivity contribution is 0.635. The lowest BCUT2D eigenvalue weighted by atomic mass is 10.0. The third-order valence-corrected chi connectivity index (χ3v) is 4.20. The summed E-state index contributed by atoms with van der Waals surface area (Å²) in [5, 5.41) is 5.40. The van der Waals surface area contributed by atoms with Gasteiger partial charge in [0.2, 0.25) is 0 Å². The monoisotopic (exact) mass is 280 g/mol. The zero-order chi connectivity index (χ0) is 13.1. The van der Waals surface area contributed by atoms with Crippen LogP contribution in [0.5, 0.6) is 0 Å². The molecular weight excluding hydrogens is 264 g/mol. The molecule has 0 amide bonds. The summed E-state index contributed by atoms with van der Waals surface area (Å²) in [5.41, 5.74) is 2.34. The van der Waals surface area contributed by atoms with Gasteiger partial charge in [0.15, 0.2) is 0 Å². The van der Waals surface area contributed by atoms with Crippen molar-refractivity contribution < 1.29 is 0 Å². The lowest BCUT2D eigenvalue weighted by Gasteiger charge is -2.17. The molecule has 1 aromatic heterocycles. The summed E-state index contributed by atoms with van der Waals surface area (Å²) in [7, 11) is 0. The van der Waals surface area contributed by atoms with Crippen LogP contribution in [-0.2, 0) is 0 Å². The third-order valence-electron chi connectivity index (χ3n) is 2.81. The third kappa shape index (κ3) is 2.91. The van der Waals surface area contributed by atoms with Crippen LogP contribution in [0.15, 0.2) is 24.3 Å². The summed E-state index contributed by atoms with van der Waals surface area (Å²) < 4.78 is 0. The van der Waals surface area contributed by atoms with Gasteiger partial charge in [-0.3, -0.25) is 0 Å². The van der Waals surface area contributed by atoms with E-state index >= 15 is 0 Å². The van der Waals surface area contributed by atoms with E-state index in [1.54, 1.807) is 11.3 Å². The first kappa shape index (κ1) is 13.5. The topological polar surface area (TPSA) is 24.9 Å². The van der Waals surface area contributed by atoms with Gasteiger partial charge < -0.3 is 5.32 Å². The van der Waals surface area contributed by atoms with Crippen molar-refractivity contribution in [1.29, 1.82) is 0 Å². The molecule has 0 aliphatic rings. The van der Waals surface area contributed by atoms with E-state index in [2.05, 4.69) is 36.3 Å². The van der Waals surface area contributed by atoms with Crippen molar-refractivity contribution in [3.05, 3.63) is 50.4 Å². The normalized spacial score (nSPS) is 12.7. The molecule has 1 unspecified atom stereocenters. The fourth-order valence-corrected chi connectivity index (χ4v) is 3.19. The predicted molar refractivity (Wildman–Crippen MR) is 78.6 cm³/mol. The molecule has 0 bridgehead atoms. The van der Waals surface area contributed by atoms with Gasteiger partial charge in [0.05, 0.1) is 16.7 Å². The minimum Gasteiger partial charge on any atom is -0.306 e. The van der Waals surface area contributed by atoms with Crippen LogP contribution in [0.3, 0.4) is 0 Å². The molecule has 1 N–H and O–H groups in total. The molecule has 0 aliphatic heterocycles. The minimum absolute atomic E-state index is 0.207. The van der Waals surface area contributed by atoms with Gasteiger partial charge in [-0.05, 0) is 38.1 Å². The molecule has 0 saturated heterocycles. The van der Waals surface area contributed by atoms with Crippen molar-refractivity contribution in [3.8, 4) is 0 Å². The van der Waals surface area contributed by atoms with Crippen molar-refractivity contribution in [2.24, 2.45) is 0 Å². The van der Waals surface area contributed by atoms with Crippen molar-refractivity contribution in [2.75, 3.05) is 6.54 Å². The number of hydrogen-bond acceptors (Lipinski definition) is 3. The van der Waals surface area contributed by atoms with E-state index in [4.69, 9.17) is 11.6 Å². The van der Waals surface area contributed by atoms with Gasteiger partial charge in [-0.1, -0.05) is 30.7 Å². The zero-order valence-electron chi connectivity index (χ0n) is 10.8. The van der Waals surface area contributed by atoms with E-state index < -0.39 is 0 Å². The van der Waals surface area contributed by atoms with Gasteiger partial charge in [-0.2, -0.15) is 0 Å². The van der Waals surface area contributed by atoms with E-state index in [9.17, 15) is 0 Å². The standard InChI is InChI=1S/C14H17ClN2S/c1-4-16-13(11-5-7-12(15)8-6-11)14-9(2)17-10(3)18-14/h5-8,13,16H,4H2,1-3H3. The second-order valence-electron chi connectivity index (χ2n) is 4.22. The van der Waals surface area contributed by atoms with Crippen LogP contribution in [0.2, 0.25) is 5.02 Å². The molecule has 0 aliphatic carbocycles. The van der Waals surface area contributed by atoms with E-state index in [0.717, 1.165) is 22.3 Å². The SMILES string of the molecule is CCNC(c1ccc(Cl)cc1)c1sc(C)nc1C. The molecule has 2 rings (SSSR count). The second-order valence-corrected chi connectivity index (χ2v) is 5.90. The van der Waals surface area contributed by atoms with Crippen molar-refractivity contribution in [2.45, 2.75) is 26.8 Å². The molecule has 1 aromatic carbocycles. The maximum absolute atomic E-state index is 5.94. The highest BCUT2D eigenvalue weighted by atomic mass is 35.5. The molecular formula is C14H17ClN2S. The number of nitrogens with one attached hydrogen (secondary N) is 1. The largest absolute Gasteiger partial charge is 0.306 e. The van der Waals surface area contributed by atoms with Gasteiger partial charge in [-0.25, -0.2) is 4.98 Å². The molecule has 4 heteroatoms. The Morgan fingerprint density at radius 2 is 1.94 bits per heavy atom. The quantitative estimate of drug-likeness (QED) is 0.912. The Bertz CT molecular complexity index is 519. The molecule has 0 spiro atoms. The first-order chi connectivity index (χ1) is 8.61. The van der Waals surface area contributed by atoms with Crippen LogP contribution in [0.4, 0.5) is 0 Å². The first-order valence-corrected chi connectivity index (χ1v) is 7.24. The Morgan fingerprint density at radius 1 is 1.28 bits per heavy atom. The van der Waals surface area contributed by atoms with E-state index in [1.165, 1.54) is 10.4 Å². The van der Waals surface area contributed by atoms with Crippen LogP contribution in [0.1, 0.15) is 34.1 Å². The number of aromatic nitrogens is 1. The van der Waals surface area contributed by atoms with Crippen LogP contribution in [-0.4, -0.2) is 11.5 Å². The summed E-state index contributed by atoms with van der Waals surface area (Å²) >= 11 is 7.70. The fraction of sp³-hybridized carbons (Fsp3) is 0.357. The number of hydrogen-bond donors (Lipinski definition) is 1. The smallest absolute Gasteiger partial charge is 0.0900 e. The molecule has 2 aromatic rings. The Morgan fingerprint density at radius 3 is 2.44 bits per heavy atom. The van der Waals surface area contributed by atoms with Gasteiger partial charge in [0, 0.05) is 9.90 Å². The Kier molecular flexibility index (Phi) is 4.38. The lowest BCUT2D eigenvalue weighted by Crippen LogP contribution is -2.21. The summed E-state index contributed by atoms with van der Waals surface area (Å²) in [6.07, 6.45) is 0. The van der Waals surface area contributed by atoms with Crippen molar-refractivity contribution >= 4 is 22.9 Å². The second kappa shape index (κ2) is 5.83. The van der Waals surface area contributed by atoms with E-state index in [1.807, 2.05) is 19.1 Å². The molecule has 1 heterocycles. The molecule has 1 atom stereocenters. The molecule has 2 nitrogen and oxygen atoms in total. The van der Waals surface area contributed by atoms with Gasteiger partial charge in [0.25, 0.3) is 0 Å². The average molecular weight is 281 g/mol. The number of thiazole rings is 1. The van der Waals surface area contributed by atoms with Crippen molar-refractivity contribution in [3.63, 3.8) is 0 Å².